The highest BCUT2D eigenvalue weighted by Crippen LogP contribution is 2.34. The van der Waals surface area contributed by atoms with E-state index < -0.39 is 11.5 Å². The highest BCUT2D eigenvalue weighted by Gasteiger charge is 2.31. The summed E-state index contributed by atoms with van der Waals surface area (Å²) in [5, 5.41) is 4.32. The predicted octanol–water partition coefficient (Wildman–Crippen LogP) is 1.64. The van der Waals surface area contributed by atoms with E-state index in [0.29, 0.717) is 31.9 Å². The number of ether oxygens (including phenoxy) is 1. The van der Waals surface area contributed by atoms with Gasteiger partial charge in [0.05, 0.1) is 16.8 Å². The minimum Gasteiger partial charge on any atom is -0.426 e. The number of para-hydroxylation sites is 2. The van der Waals surface area contributed by atoms with E-state index >= 15 is 0 Å². The molecule has 0 bridgehead atoms. The van der Waals surface area contributed by atoms with Crippen LogP contribution in [0.3, 0.4) is 0 Å². The van der Waals surface area contributed by atoms with E-state index in [-0.39, 0.29) is 11.7 Å². The summed E-state index contributed by atoms with van der Waals surface area (Å²) < 4.78 is 6.69. The van der Waals surface area contributed by atoms with E-state index in [2.05, 4.69) is 10.1 Å². The maximum atomic E-state index is 13.1. The van der Waals surface area contributed by atoms with Crippen molar-refractivity contribution in [2.75, 3.05) is 11.9 Å². The molecule has 9 heteroatoms. The van der Waals surface area contributed by atoms with Gasteiger partial charge in [0.25, 0.3) is 11.5 Å². The molecule has 0 aliphatic carbocycles. The Morgan fingerprint density at radius 3 is 2.47 bits per heavy atom. The SMILES string of the molecule is CC(=O)Oc1ccccc1-c1nc2sc(=C3C(=O)N(C)c4ccccc43)c(=O)n2n1. The van der Waals surface area contributed by atoms with E-state index in [4.69, 9.17) is 4.74 Å². The number of carbonyl (C=O) groups is 2. The van der Waals surface area contributed by atoms with Gasteiger partial charge in [-0.05, 0) is 18.2 Å². The third kappa shape index (κ3) is 2.63. The van der Waals surface area contributed by atoms with Crippen LogP contribution in [0, 0.1) is 0 Å². The van der Waals surface area contributed by atoms with Crippen LogP contribution in [0.5, 0.6) is 5.75 Å². The van der Waals surface area contributed by atoms with Crippen LogP contribution in [0.1, 0.15) is 12.5 Å². The number of nitrogens with zero attached hydrogens (tertiary/aromatic N) is 4. The lowest BCUT2D eigenvalue weighted by atomic mass is 10.1. The summed E-state index contributed by atoms with van der Waals surface area (Å²) in [5.41, 5.74) is 1.92. The first-order valence-corrected chi connectivity index (χ1v) is 9.86. The van der Waals surface area contributed by atoms with E-state index in [1.54, 1.807) is 31.3 Å². The molecule has 1 aliphatic heterocycles. The van der Waals surface area contributed by atoms with Crippen molar-refractivity contribution in [3.8, 4) is 17.1 Å². The van der Waals surface area contributed by atoms with Crippen LogP contribution in [0.2, 0.25) is 0 Å². The van der Waals surface area contributed by atoms with Gasteiger partial charge in [-0.2, -0.15) is 9.50 Å². The summed E-state index contributed by atoms with van der Waals surface area (Å²) in [7, 11) is 1.68. The number of fused-ring (bicyclic) bond motifs is 2. The van der Waals surface area contributed by atoms with Gasteiger partial charge in [0.15, 0.2) is 5.82 Å². The molecule has 0 radical (unpaired) electrons. The number of hydrogen-bond acceptors (Lipinski definition) is 7. The van der Waals surface area contributed by atoms with Gasteiger partial charge in [0.1, 0.15) is 10.3 Å². The third-order valence-corrected chi connectivity index (χ3v) is 5.85. The molecule has 2 aromatic carbocycles. The van der Waals surface area contributed by atoms with Gasteiger partial charge in [0, 0.05) is 19.5 Å². The van der Waals surface area contributed by atoms with Crippen molar-refractivity contribution in [1.82, 2.24) is 14.6 Å². The van der Waals surface area contributed by atoms with Crippen molar-refractivity contribution < 1.29 is 14.3 Å². The lowest BCUT2D eigenvalue weighted by Gasteiger charge is -2.07. The molecule has 3 heterocycles. The monoisotopic (exact) mass is 418 g/mol. The summed E-state index contributed by atoms with van der Waals surface area (Å²) in [6.07, 6.45) is 0. The smallest absolute Gasteiger partial charge is 0.308 e. The topological polar surface area (TPSA) is 93.9 Å². The molecule has 2 aromatic heterocycles. The molecule has 0 N–H and O–H groups in total. The Bertz CT molecular complexity index is 1470. The molecule has 0 saturated carbocycles. The summed E-state index contributed by atoms with van der Waals surface area (Å²) in [6.45, 7) is 1.31. The van der Waals surface area contributed by atoms with Crippen molar-refractivity contribution in [1.29, 1.82) is 0 Å². The predicted molar refractivity (Wildman–Crippen MR) is 111 cm³/mol. The number of aromatic nitrogens is 3. The normalized spacial score (nSPS) is 15.0. The number of rotatable bonds is 2. The Morgan fingerprint density at radius 1 is 1.03 bits per heavy atom. The Kier molecular flexibility index (Phi) is 4.00. The van der Waals surface area contributed by atoms with E-state index in [9.17, 15) is 14.4 Å². The minimum absolute atomic E-state index is 0.238. The average Bonchev–Trinajstić information content (AvgIpc) is 3.35. The first-order chi connectivity index (χ1) is 14.5. The average molecular weight is 418 g/mol. The zero-order chi connectivity index (χ0) is 21.0. The number of thiazole rings is 1. The number of likely N-dealkylation sites (N-methyl/N-ethyl adjacent to an activating group) is 1. The zero-order valence-corrected chi connectivity index (χ0v) is 16.8. The maximum Gasteiger partial charge on any atom is 0.308 e. The Morgan fingerprint density at radius 2 is 1.73 bits per heavy atom. The van der Waals surface area contributed by atoms with Crippen LogP contribution >= 0.6 is 11.3 Å². The second kappa shape index (κ2) is 6.60. The molecule has 0 atom stereocenters. The van der Waals surface area contributed by atoms with Gasteiger partial charge < -0.3 is 9.64 Å². The molecule has 1 amide bonds. The maximum absolute atomic E-state index is 13.1. The van der Waals surface area contributed by atoms with Gasteiger partial charge in [-0.15, -0.1) is 5.10 Å². The number of benzene rings is 2. The summed E-state index contributed by atoms with van der Waals surface area (Å²) in [4.78, 5) is 43.6. The van der Waals surface area contributed by atoms with Crippen LogP contribution in [0.15, 0.2) is 53.3 Å². The lowest BCUT2D eigenvalue weighted by Crippen LogP contribution is -2.30. The Balaban J connectivity index is 1.71. The summed E-state index contributed by atoms with van der Waals surface area (Å²) in [5.74, 6) is -0.124. The molecule has 4 aromatic rings. The molecule has 30 heavy (non-hydrogen) atoms. The van der Waals surface area contributed by atoms with Crippen molar-refractivity contribution in [2.45, 2.75) is 6.92 Å². The molecule has 148 valence electrons. The fourth-order valence-corrected chi connectivity index (χ4v) is 4.48. The number of amides is 1. The van der Waals surface area contributed by atoms with Crippen LogP contribution in [-0.4, -0.2) is 33.5 Å². The molecule has 0 unspecified atom stereocenters. The molecule has 5 rings (SSSR count). The molecule has 0 saturated heterocycles. The number of anilines is 1. The second-order valence-electron chi connectivity index (χ2n) is 6.71. The van der Waals surface area contributed by atoms with Gasteiger partial charge in [-0.1, -0.05) is 41.7 Å². The fourth-order valence-electron chi connectivity index (χ4n) is 3.48. The van der Waals surface area contributed by atoms with Crippen LogP contribution in [0.4, 0.5) is 5.69 Å². The van der Waals surface area contributed by atoms with E-state index in [0.717, 1.165) is 17.0 Å². The summed E-state index contributed by atoms with van der Waals surface area (Å²) in [6, 6.07) is 14.2. The molecular formula is C21H14N4O4S. The third-order valence-electron chi connectivity index (χ3n) is 4.82. The second-order valence-corrected chi connectivity index (χ2v) is 7.69. The lowest BCUT2D eigenvalue weighted by molar-refractivity contribution is -0.131. The van der Waals surface area contributed by atoms with Gasteiger partial charge in [-0.25, -0.2) is 0 Å². The first-order valence-electron chi connectivity index (χ1n) is 9.05. The van der Waals surface area contributed by atoms with Gasteiger partial charge >= 0.3 is 5.97 Å². The van der Waals surface area contributed by atoms with Gasteiger partial charge in [-0.3, -0.25) is 14.4 Å². The standard InChI is InChI=1S/C21H14N4O4S/c1-11(26)29-15-10-6-4-8-13(15)18-22-21-25(23-18)20(28)17(30-21)16-12-7-3-5-9-14(12)24(2)19(16)27/h3-10H,1-2H3. The number of esters is 1. The minimum atomic E-state index is -0.464. The molecule has 8 nitrogen and oxygen atoms in total. The number of carbonyl (C=O) groups excluding carboxylic acids is 2. The zero-order valence-electron chi connectivity index (χ0n) is 15.9. The molecule has 1 aliphatic rings. The fraction of sp³-hybridized carbons (Fsp3) is 0.0952. The Hall–Kier alpha value is -3.85. The first kappa shape index (κ1) is 18.2. The highest BCUT2D eigenvalue weighted by molar-refractivity contribution is 7.15. The van der Waals surface area contributed by atoms with Crippen molar-refractivity contribution in [3.05, 3.63) is 69.0 Å². The van der Waals surface area contributed by atoms with Gasteiger partial charge in [0.2, 0.25) is 4.96 Å². The number of hydrogen-bond donors (Lipinski definition) is 0. The summed E-state index contributed by atoms with van der Waals surface area (Å²) >= 11 is 1.11. The van der Waals surface area contributed by atoms with E-state index in [1.165, 1.54) is 16.3 Å². The van der Waals surface area contributed by atoms with Crippen molar-refractivity contribution in [2.24, 2.45) is 0 Å². The van der Waals surface area contributed by atoms with Crippen molar-refractivity contribution >= 4 is 39.4 Å². The van der Waals surface area contributed by atoms with Crippen LogP contribution in [0.25, 0.3) is 21.9 Å². The van der Waals surface area contributed by atoms with Crippen molar-refractivity contribution in [3.63, 3.8) is 0 Å². The quantitative estimate of drug-likeness (QED) is 0.363. The molecule has 0 spiro atoms. The van der Waals surface area contributed by atoms with Crippen LogP contribution in [-0.2, 0) is 9.59 Å². The molecular weight excluding hydrogens is 404 g/mol. The largest absolute Gasteiger partial charge is 0.426 e. The highest BCUT2D eigenvalue weighted by atomic mass is 32.1. The Labute approximate surface area is 173 Å². The van der Waals surface area contributed by atoms with Crippen LogP contribution < -0.4 is 19.7 Å². The molecule has 0 fully saturated rings. The van der Waals surface area contributed by atoms with E-state index in [1.807, 2.05) is 24.3 Å².